The zero-order chi connectivity index (χ0) is 22.7. The molecule has 0 spiro atoms. The first-order valence-corrected chi connectivity index (χ1v) is 10.0. The number of hydrogen-bond donors (Lipinski definition) is 1. The van der Waals surface area contributed by atoms with Crippen molar-refractivity contribution in [3.05, 3.63) is 83.2 Å². The Bertz CT molecular complexity index is 1250. The van der Waals surface area contributed by atoms with Gasteiger partial charge >= 0.3 is 6.18 Å². The summed E-state index contributed by atoms with van der Waals surface area (Å²) in [6, 6.07) is 16.8. The van der Waals surface area contributed by atoms with Crippen LogP contribution in [0, 0.1) is 6.92 Å². The Kier molecular flexibility index (Phi) is 5.89. The van der Waals surface area contributed by atoms with E-state index in [4.69, 9.17) is 0 Å². The lowest BCUT2D eigenvalue weighted by Gasteiger charge is -2.13. The fourth-order valence-corrected chi connectivity index (χ4v) is 3.33. The molecule has 0 saturated carbocycles. The normalized spacial score (nSPS) is 11.6. The van der Waals surface area contributed by atoms with Crippen LogP contribution in [0.1, 0.15) is 28.9 Å². The molecule has 0 fully saturated rings. The van der Waals surface area contributed by atoms with Crippen LogP contribution in [0.3, 0.4) is 0 Å². The molecule has 0 saturated heterocycles. The highest BCUT2D eigenvalue weighted by atomic mass is 19.4. The van der Waals surface area contributed by atoms with Crippen LogP contribution in [0.25, 0.3) is 16.9 Å². The van der Waals surface area contributed by atoms with E-state index < -0.39 is 11.7 Å². The van der Waals surface area contributed by atoms with Crippen molar-refractivity contribution >= 4 is 11.6 Å². The number of amides is 1. The van der Waals surface area contributed by atoms with Gasteiger partial charge in [0.25, 0.3) is 0 Å². The van der Waals surface area contributed by atoms with E-state index in [2.05, 4.69) is 20.6 Å². The second-order valence-corrected chi connectivity index (χ2v) is 7.40. The van der Waals surface area contributed by atoms with Gasteiger partial charge in [-0.25, -0.2) is 0 Å². The molecule has 9 heteroatoms. The largest absolute Gasteiger partial charge is 0.416 e. The third kappa shape index (κ3) is 4.77. The maximum atomic E-state index is 13.1. The predicted molar refractivity (Wildman–Crippen MR) is 113 cm³/mol. The van der Waals surface area contributed by atoms with Crippen molar-refractivity contribution in [3.63, 3.8) is 0 Å². The summed E-state index contributed by atoms with van der Waals surface area (Å²) in [5.41, 5.74) is 2.64. The van der Waals surface area contributed by atoms with Gasteiger partial charge in [0.05, 0.1) is 11.3 Å². The molecular weight excluding hydrogens is 419 g/mol. The highest BCUT2D eigenvalue weighted by molar-refractivity contribution is 5.76. The van der Waals surface area contributed by atoms with Crippen LogP contribution in [0.2, 0.25) is 0 Å². The number of fused-ring (bicyclic) bond motifs is 1. The number of rotatable bonds is 6. The highest BCUT2D eigenvalue weighted by Gasteiger charge is 2.32. The number of alkyl halides is 3. The summed E-state index contributed by atoms with van der Waals surface area (Å²) in [5.74, 6) is 0.119. The average Bonchev–Trinajstić information content (AvgIpc) is 3.18. The number of halogens is 3. The Morgan fingerprint density at radius 2 is 1.75 bits per heavy atom. The number of carbonyl (C=O) groups is 1. The van der Waals surface area contributed by atoms with Crippen LogP contribution >= 0.6 is 0 Å². The molecule has 4 aromatic rings. The van der Waals surface area contributed by atoms with Gasteiger partial charge in [0.2, 0.25) is 5.91 Å². The number of aromatic nitrogens is 4. The fourth-order valence-electron chi connectivity index (χ4n) is 3.33. The van der Waals surface area contributed by atoms with Gasteiger partial charge in [-0.05, 0) is 30.7 Å². The summed E-state index contributed by atoms with van der Waals surface area (Å²) in [6.07, 6.45) is -4.17. The molecule has 2 aromatic heterocycles. The molecule has 0 aliphatic carbocycles. The van der Waals surface area contributed by atoms with Gasteiger partial charge in [0, 0.05) is 24.9 Å². The molecule has 0 aliphatic heterocycles. The second-order valence-electron chi connectivity index (χ2n) is 7.40. The Morgan fingerprint density at radius 3 is 2.50 bits per heavy atom. The third-order valence-corrected chi connectivity index (χ3v) is 5.05. The maximum absolute atomic E-state index is 13.1. The smallest absolute Gasteiger partial charge is 0.352 e. The van der Waals surface area contributed by atoms with Crippen molar-refractivity contribution in [2.75, 3.05) is 0 Å². The number of carbonyl (C=O) groups excluding carboxylic acids is 1. The molecule has 2 heterocycles. The van der Waals surface area contributed by atoms with Crippen LogP contribution in [0.4, 0.5) is 13.2 Å². The molecule has 4 rings (SSSR count). The first-order valence-electron chi connectivity index (χ1n) is 10.0. The summed E-state index contributed by atoms with van der Waals surface area (Å²) in [5, 5.41) is 15.3. The number of benzene rings is 2. The van der Waals surface area contributed by atoms with E-state index >= 15 is 0 Å². The molecule has 1 amide bonds. The van der Waals surface area contributed by atoms with Gasteiger partial charge in [-0.1, -0.05) is 48.0 Å². The second kappa shape index (κ2) is 8.78. The van der Waals surface area contributed by atoms with Crippen molar-refractivity contribution in [1.82, 2.24) is 25.1 Å². The van der Waals surface area contributed by atoms with Crippen LogP contribution < -0.4 is 5.32 Å². The minimum atomic E-state index is -4.47. The summed E-state index contributed by atoms with van der Waals surface area (Å²) in [6.45, 7) is 1.80. The van der Waals surface area contributed by atoms with E-state index in [1.807, 2.05) is 37.3 Å². The van der Waals surface area contributed by atoms with Crippen LogP contribution in [-0.4, -0.2) is 25.7 Å². The van der Waals surface area contributed by atoms with Crippen LogP contribution in [-0.2, 0) is 23.9 Å². The Balaban J connectivity index is 1.43. The van der Waals surface area contributed by atoms with Crippen molar-refractivity contribution < 1.29 is 18.0 Å². The lowest BCUT2D eigenvalue weighted by Crippen LogP contribution is -2.25. The molecule has 1 N–H and O–H groups in total. The predicted octanol–water partition coefficient (Wildman–Crippen LogP) is 4.37. The van der Waals surface area contributed by atoms with Crippen LogP contribution in [0.5, 0.6) is 0 Å². The Hall–Kier alpha value is -3.75. The number of aryl methyl sites for hydroxylation is 2. The topological polar surface area (TPSA) is 72.2 Å². The minimum Gasteiger partial charge on any atom is -0.352 e. The third-order valence-electron chi connectivity index (χ3n) is 5.05. The van der Waals surface area contributed by atoms with Gasteiger partial charge < -0.3 is 5.32 Å². The van der Waals surface area contributed by atoms with Gasteiger partial charge in [0.1, 0.15) is 0 Å². The van der Waals surface area contributed by atoms with Crippen molar-refractivity contribution in [2.24, 2.45) is 0 Å². The maximum Gasteiger partial charge on any atom is 0.416 e. The SMILES string of the molecule is Cc1ccc(-c2ccc3nnc(CCC(=O)NCc4ccccc4C(F)(F)F)n3n2)cc1. The zero-order valence-corrected chi connectivity index (χ0v) is 17.2. The first-order chi connectivity index (χ1) is 15.3. The quantitative estimate of drug-likeness (QED) is 0.484. The Morgan fingerprint density at radius 1 is 1.00 bits per heavy atom. The lowest BCUT2D eigenvalue weighted by molar-refractivity contribution is -0.138. The number of nitrogens with one attached hydrogen (secondary N) is 1. The molecule has 0 aliphatic rings. The van der Waals surface area contributed by atoms with Gasteiger partial charge in [0.15, 0.2) is 11.5 Å². The molecule has 0 bridgehead atoms. The van der Waals surface area contributed by atoms with Crippen LogP contribution in [0.15, 0.2) is 60.7 Å². The summed E-state index contributed by atoms with van der Waals surface area (Å²) in [4.78, 5) is 12.3. The van der Waals surface area contributed by atoms with E-state index in [9.17, 15) is 18.0 Å². The fraction of sp³-hybridized carbons (Fsp3) is 0.217. The molecule has 0 unspecified atom stereocenters. The standard InChI is InChI=1S/C23H20F3N5O/c1-15-6-8-16(9-7-15)19-10-11-20-28-29-21(31(20)30-19)12-13-22(32)27-14-17-4-2-3-5-18(17)23(24,25)26/h2-11H,12-14H2,1H3,(H,27,32). The number of nitrogens with zero attached hydrogens (tertiary/aromatic N) is 4. The molecule has 0 radical (unpaired) electrons. The molecule has 0 atom stereocenters. The Labute approximate surface area is 182 Å². The van der Waals surface area contributed by atoms with Gasteiger partial charge in [-0.2, -0.15) is 22.8 Å². The monoisotopic (exact) mass is 439 g/mol. The van der Waals surface area contributed by atoms with Gasteiger partial charge in [-0.15, -0.1) is 10.2 Å². The number of hydrogen-bond acceptors (Lipinski definition) is 4. The summed E-state index contributed by atoms with van der Waals surface area (Å²) < 4.78 is 40.9. The van der Waals surface area contributed by atoms with Crippen molar-refractivity contribution in [1.29, 1.82) is 0 Å². The summed E-state index contributed by atoms with van der Waals surface area (Å²) >= 11 is 0. The van der Waals surface area contributed by atoms with Gasteiger partial charge in [-0.3, -0.25) is 4.79 Å². The molecule has 6 nitrogen and oxygen atoms in total. The lowest BCUT2D eigenvalue weighted by atomic mass is 10.1. The zero-order valence-electron chi connectivity index (χ0n) is 17.2. The molecule has 32 heavy (non-hydrogen) atoms. The van der Waals surface area contributed by atoms with Crippen molar-refractivity contribution in [3.8, 4) is 11.3 Å². The molecule has 2 aromatic carbocycles. The first kappa shape index (κ1) is 21.5. The van der Waals surface area contributed by atoms with E-state index in [0.29, 0.717) is 11.5 Å². The average molecular weight is 439 g/mol. The highest BCUT2D eigenvalue weighted by Crippen LogP contribution is 2.31. The van der Waals surface area contributed by atoms with E-state index in [1.54, 1.807) is 10.6 Å². The van der Waals surface area contributed by atoms with E-state index in [0.717, 1.165) is 22.9 Å². The van der Waals surface area contributed by atoms with Crippen molar-refractivity contribution in [2.45, 2.75) is 32.5 Å². The summed E-state index contributed by atoms with van der Waals surface area (Å²) in [7, 11) is 0. The minimum absolute atomic E-state index is 0.0192. The molecular formula is C23H20F3N5O. The van der Waals surface area contributed by atoms with E-state index in [1.165, 1.54) is 18.2 Å². The van der Waals surface area contributed by atoms with E-state index in [-0.39, 0.29) is 30.9 Å². The molecule has 164 valence electrons.